The summed E-state index contributed by atoms with van der Waals surface area (Å²) >= 11 is 3.34. The van der Waals surface area contributed by atoms with Crippen LogP contribution in [0.15, 0.2) is 18.2 Å². The summed E-state index contributed by atoms with van der Waals surface area (Å²) in [5, 5.41) is 10.6. The third-order valence-electron chi connectivity index (χ3n) is 2.66. The summed E-state index contributed by atoms with van der Waals surface area (Å²) in [6.45, 7) is 3.20. The Morgan fingerprint density at radius 2 is 2.22 bits per heavy atom. The molecule has 0 saturated carbocycles. The largest absolute Gasteiger partial charge is 0.507 e. The number of methoxy groups -OCH3 is 1. The number of hydrogen-bond donors (Lipinski definition) is 1. The van der Waals surface area contributed by atoms with Gasteiger partial charge in [-0.1, -0.05) is 15.9 Å². The first-order valence-electron chi connectivity index (χ1n) is 5.86. The van der Waals surface area contributed by atoms with Crippen molar-refractivity contribution in [3.8, 4) is 11.5 Å². The van der Waals surface area contributed by atoms with Crippen LogP contribution in [0, 0.1) is 0 Å². The van der Waals surface area contributed by atoms with Crippen LogP contribution in [0.5, 0.6) is 11.5 Å². The van der Waals surface area contributed by atoms with E-state index in [2.05, 4.69) is 15.9 Å². The van der Waals surface area contributed by atoms with Crippen LogP contribution in [0.4, 0.5) is 0 Å². The summed E-state index contributed by atoms with van der Waals surface area (Å²) in [5.74, 6) is 0.376. The van der Waals surface area contributed by atoms with Crippen LogP contribution in [0.1, 0.15) is 23.7 Å². The number of nitrogens with zero attached hydrogens (tertiary/aromatic N) is 1. The highest BCUT2D eigenvalue weighted by molar-refractivity contribution is 9.09. The number of hydrogen-bond acceptors (Lipinski definition) is 3. The Bertz CT molecular complexity index is 409. The lowest BCUT2D eigenvalue weighted by molar-refractivity contribution is 0.0761. The zero-order valence-corrected chi connectivity index (χ0v) is 12.2. The number of halogens is 1. The Morgan fingerprint density at radius 3 is 2.78 bits per heavy atom. The van der Waals surface area contributed by atoms with Gasteiger partial charge in [-0.05, 0) is 31.5 Å². The van der Waals surface area contributed by atoms with Crippen LogP contribution in [-0.2, 0) is 0 Å². The smallest absolute Gasteiger partial charge is 0.257 e. The molecule has 0 fully saturated rings. The van der Waals surface area contributed by atoms with Crippen molar-refractivity contribution in [1.29, 1.82) is 0 Å². The number of phenolic OH excluding ortho intramolecular Hbond substituents is 1. The van der Waals surface area contributed by atoms with E-state index in [-0.39, 0.29) is 17.2 Å². The average Bonchev–Trinajstić information content (AvgIpc) is 2.40. The molecule has 0 radical (unpaired) electrons. The van der Waals surface area contributed by atoms with Gasteiger partial charge in [-0.2, -0.15) is 0 Å². The first-order chi connectivity index (χ1) is 8.63. The second kappa shape index (κ2) is 7.26. The fraction of sp³-hybridized carbons (Fsp3) is 0.462. The standard InChI is InChI=1S/C13H18BrNO3/c1-3-15(8-4-7-14)13(17)11-9-10(18-2)5-6-12(11)16/h5-6,9,16H,3-4,7-8H2,1-2H3. The van der Waals surface area contributed by atoms with Gasteiger partial charge >= 0.3 is 0 Å². The van der Waals surface area contributed by atoms with Crippen LogP contribution < -0.4 is 4.74 Å². The van der Waals surface area contributed by atoms with Gasteiger partial charge in [0.2, 0.25) is 0 Å². The van der Waals surface area contributed by atoms with E-state index in [1.807, 2.05) is 6.92 Å². The molecule has 100 valence electrons. The normalized spacial score (nSPS) is 10.2. The molecule has 0 aromatic heterocycles. The predicted octanol–water partition coefficient (Wildman–Crippen LogP) is 2.65. The summed E-state index contributed by atoms with van der Waals surface area (Å²) in [6, 6.07) is 4.67. The molecule has 0 unspecified atom stereocenters. The van der Waals surface area contributed by atoms with Crippen molar-refractivity contribution in [2.45, 2.75) is 13.3 Å². The van der Waals surface area contributed by atoms with E-state index in [1.54, 1.807) is 17.0 Å². The third-order valence-corrected chi connectivity index (χ3v) is 3.23. The Morgan fingerprint density at radius 1 is 1.50 bits per heavy atom. The lowest BCUT2D eigenvalue weighted by Crippen LogP contribution is -2.32. The minimum absolute atomic E-state index is 0.0157. The monoisotopic (exact) mass is 315 g/mol. The Kier molecular flexibility index (Phi) is 5.98. The molecule has 5 heteroatoms. The minimum Gasteiger partial charge on any atom is -0.507 e. The van der Waals surface area contributed by atoms with Crippen LogP contribution >= 0.6 is 15.9 Å². The quantitative estimate of drug-likeness (QED) is 0.821. The van der Waals surface area contributed by atoms with Gasteiger partial charge in [0, 0.05) is 18.4 Å². The zero-order chi connectivity index (χ0) is 13.5. The van der Waals surface area contributed by atoms with Crippen LogP contribution in [0.2, 0.25) is 0 Å². The van der Waals surface area contributed by atoms with E-state index in [0.717, 1.165) is 11.8 Å². The maximum absolute atomic E-state index is 12.3. The second-order valence-electron chi connectivity index (χ2n) is 3.81. The molecule has 0 saturated heterocycles. The molecule has 0 heterocycles. The van der Waals surface area contributed by atoms with Gasteiger partial charge < -0.3 is 14.7 Å². The van der Waals surface area contributed by atoms with Crippen molar-refractivity contribution in [1.82, 2.24) is 4.90 Å². The number of carbonyl (C=O) groups is 1. The maximum atomic E-state index is 12.3. The van der Waals surface area contributed by atoms with Gasteiger partial charge in [-0.25, -0.2) is 0 Å². The number of benzene rings is 1. The van der Waals surface area contributed by atoms with E-state index < -0.39 is 0 Å². The van der Waals surface area contributed by atoms with Crippen molar-refractivity contribution < 1.29 is 14.6 Å². The second-order valence-corrected chi connectivity index (χ2v) is 4.60. The first kappa shape index (κ1) is 14.8. The molecule has 1 aromatic carbocycles. The summed E-state index contributed by atoms with van der Waals surface area (Å²) in [5.41, 5.74) is 0.283. The topological polar surface area (TPSA) is 49.8 Å². The number of alkyl halides is 1. The molecule has 1 rings (SSSR count). The molecule has 0 bridgehead atoms. The first-order valence-corrected chi connectivity index (χ1v) is 6.98. The van der Waals surface area contributed by atoms with Crippen molar-refractivity contribution in [3.63, 3.8) is 0 Å². The molecule has 0 aliphatic rings. The van der Waals surface area contributed by atoms with E-state index in [4.69, 9.17) is 4.74 Å². The highest BCUT2D eigenvalue weighted by atomic mass is 79.9. The number of carbonyl (C=O) groups excluding carboxylic acids is 1. The SMILES string of the molecule is CCN(CCCBr)C(=O)c1cc(OC)ccc1O. The molecule has 0 spiro atoms. The third kappa shape index (κ3) is 3.63. The van der Waals surface area contributed by atoms with E-state index in [0.29, 0.717) is 18.8 Å². The summed E-state index contributed by atoms with van der Waals surface area (Å²) in [4.78, 5) is 14.0. The van der Waals surface area contributed by atoms with E-state index in [1.165, 1.54) is 13.2 Å². The van der Waals surface area contributed by atoms with Gasteiger partial charge in [0.15, 0.2) is 0 Å². The molecule has 1 aromatic rings. The predicted molar refractivity (Wildman–Crippen MR) is 74.6 cm³/mol. The molecular formula is C13H18BrNO3. The summed E-state index contributed by atoms with van der Waals surface area (Å²) in [7, 11) is 1.53. The molecule has 1 amide bonds. The Labute approximate surface area is 116 Å². The number of aromatic hydroxyl groups is 1. The lowest BCUT2D eigenvalue weighted by Gasteiger charge is -2.21. The van der Waals surface area contributed by atoms with Crippen LogP contribution in [-0.4, -0.2) is 41.4 Å². The maximum Gasteiger partial charge on any atom is 0.257 e. The molecule has 4 nitrogen and oxygen atoms in total. The number of ether oxygens (including phenoxy) is 1. The molecule has 1 N–H and O–H groups in total. The van der Waals surface area contributed by atoms with Gasteiger partial charge in [0.1, 0.15) is 11.5 Å². The van der Waals surface area contributed by atoms with Gasteiger partial charge in [-0.3, -0.25) is 4.79 Å². The molecular weight excluding hydrogens is 298 g/mol. The summed E-state index contributed by atoms with van der Waals surface area (Å²) in [6.07, 6.45) is 0.879. The number of amides is 1. The van der Waals surface area contributed by atoms with Crippen LogP contribution in [0.3, 0.4) is 0 Å². The molecule has 18 heavy (non-hydrogen) atoms. The highest BCUT2D eigenvalue weighted by Crippen LogP contribution is 2.24. The highest BCUT2D eigenvalue weighted by Gasteiger charge is 2.18. The molecule has 0 aliphatic carbocycles. The number of rotatable bonds is 6. The molecule has 0 atom stereocenters. The van der Waals surface area contributed by atoms with Crippen molar-refractivity contribution in [2.24, 2.45) is 0 Å². The minimum atomic E-state index is -0.171. The van der Waals surface area contributed by atoms with Gasteiger partial charge in [-0.15, -0.1) is 0 Å². The summed E-state index contributed by atoms with van der Waals surface area (Å²) < 4.78 is 5.07. The van der Waals surface area contributed by atoms with E-state index in [9.17, 15) is 9.90 Å². The molecule has 0 aliphatic heterocycles. The van der Waals surface area contributed by atoms with Crippen molar-refractivity contribution in [3.05, 3.63) is 23.8 Å². The lowest BCUT2D eigenvalue weighted by atomic mass is 10.1. The van der Waals surface area contributed by atoms with Crippen LogP contribution in [0.25, 0.3) is 0 Å². The van der Waals surface area contributed by atoms with Crippen molar-refractivity contribution in [2.75, 3.05) is 25.5 Å². The van der Waals surface area contributed by atoms with Crippen molar-refractivity contribution >= 4 is 21.8 Å². The van der Waals surface area contributed by atoms with Gasteiger partial charge in [0.05, 0.1) is 12.7 Å². The Balaban J connectivity index is 2.93. The van der Waals surface area contributed by atoms with Gasteiger partial charge in [0.25, 0.3) is 5.91 Å². The average molecular weight is 316 g/mol. The van der Waals surface area contributed by atoms with E-state index >= 15 is 0 Å². The number of phenols is 1. The fourth-order valence-corrected chi connectivity index (χ4v) is 1.89. The fourth-order valence-electron chi connectivity index (χ4n) is 1.64. The Hall–Kier alpha value is -1.23. The zero-order valence-electron chi connectivity index (χ0n) is 10.6.